The van der Waals surface area contributed by atoms with E-state index >= 15 is 0 Å². The lowest BCUT2D eigenvalue weighted by Crippen LogP contribution is -2.33. The fourth-order valence-corrected chi connectivity index (χ4v) is 3.67. The Hall–Kier alpha value is -2.56. The number of nitrogens with zero attached hydrogens (tertiary/aromatic N) is 2. The lowest BCUT2D eigenvalue weighted by Gasteiger charge is -2.24. The fraction of sp³-hybridized carbons (Fsp3) is 0.222. The summed E-state index contributed by atoms with van der Waals surface area (Å²) in [6, 6.07) is 13.4. The Kier molecular flexibility index (Phi) is 6.24. The smallest absolute Gasteiger partial charge is 0.232 e. The second-order valence-corrected chi connectivity index (χ2v) is 8.10. The summed E-state index contributed by atoms with van der Waals surface area (Å²) in [5.74, 6) is -0.347. The van der Waals surface area contributed by atoms with Gasteiger partial charge in [0, 0.05) is 23.7 Å². The van der Waals surface area contributed by atoms with Crippen molar-refractivity contribution in [2.75, 3.05) is 22.4 Å². The number of carbonyl (C=O) groups is 1. The third kappa shape index (κ3) is 5.22. The number of hydrogen-bond donors (Lipinski definition) is 1. The van der Waals surface area contributed by atoms with E-state index in [1.807, 2.05) is 6.07 Å². The quantitative estimate of drug-likeness (QED) is 0.817. The van der Waals surface area contributed by atoms with Gasteiger partial charge >= 0.3 is 0 Å². The van der Waals surface area contributed by atoms with Crippen LogP contribution in [0, 0.1) is 18.3 Å². The van der Waals surface area contributed by atoms with E-state index in [1.54, 1.807) is 49.4 Å². The number of aryl methyl sites for hydroxylation is 1. The van der Waals surface area contributed by atoms with Gasteiger partial charge in [-0.3, -0.25) is 9.10 Å². The van der Waals surface area contributed by atoms with Crippen LogP contribution >= 0.6 is 11.6 Å². The number of nitriles is 1. The monoisotopic (exact) mass is 391 g/mol. The van der Waals surface area contributed by atoms with E-state index in [2.05, 4.69) is 5.32 Å². The molecule has 0 heterocycles. The topological polar surface area (TPSA) is 90.3 Å². The molecule has 0 aliphatic carbocycles. The number of nitrogens with one attached hydrogen (secondary N) is 1. The van der Waals surface area contributed by atoms with Crippen molar-refractivity contribution in [3.63, 3.8) is 0 Å². The standard InChI is InChI=1S/C18H18ClN3O3S/c1-13-10-15(19)6-7-17(13)22(26(2,24)25)9-8-18(23)21-16-5-3-4-14(11-16)12-20/h3-7,10-11H,8-9H2,1-2H3,(H,21,23). The first-order valence-corrected chi connectivity index (χ1v) is 9.97. The number of carbonyl (C=O) groups excluding carboxylic acids is 1. The van der Waals surface area contributed by atoms with Gasteiger partial charge in [0.1, 0.15) is 0 Å². The third-order valence-corrected chi connectivity index (χ3v) is 5.06. The molecule has 26 heavy (non-hydrogen) atoms. The molecule has 0 saturated carbocycles. The molecule has 1 N–H and O–H groups in total. The van der Waals surface area contributed by atoms with Gasteiger partial charge in [-0.15, -0.1) is 0 Å². The molecule has 0 atom stereocenters. The summed E-state index contributed by atoms with van der Waals surface area (Å²) < 4.78 is 25.5. The minimum Gasteiger partial charge on any atom is -0.326 e. The average Bonchev–Trinajstić information content (AvgIpc) is 2.55. The van der Waals surface area contributed by atoms with Gasteiger partial charge in [0.15, 0.2) is 0 Å². The van der Waals surface area contributed by atoms with Crippen LogP contribution in [0.25, 0.3) is 0 Å². The highest BCUT2D eigenvalue weighted by Crippen LogP contribution is 2.25. The minimum atomic E-state index is -3.57. The first kappa shape index (κ1) is 19.8. The molecule has 0 fully saturated rings. The summed E-state index contributed by atoms with van der Waals surface area (Å²) in [6.45, 7) is 1.75. The molecular weight excluding hydrogens is 374 g/mol. The number of sulfonamides is 1. The maximum Gasteiger partial charge on any atom is 0.232 e. The van der Waals surface area contributed by atoms with Gasteiger partial charge < -0.3 is 5.32 Å². The van der Waals surface area contributed by atoms with Crippen LogP contribution in [0.2, 0.25) is 5.02 Å². The normalized spacial score (nSPS) is 10.8. The molecule has 0 saturated heterocycles. The van der Waals surface area contributed by atoms with Crippen LogP contribution in [0.4, 0.5) is 11.4 Å². The summed E-state index contributed by atoms with van der Waals surface area (Å²) >= 11 is 5.92. The first-order chi connectivity index (χ1) is 12.2. The molecule has 0 radical (unpaired) electrons. The van der Waals surface area contributed by atoms with Crippen LogP contribution in [0.1, 0.15) is 17.5 Å². The Labute approximate surface area is 158 Å². The molecule has 0 unspecified atom stereocenters. The maximum atomic E-state index is 12.2. The van der Waals surface area contributed by atoms with Crippen molar-refractivity contribution < 1.29 is 13.2 Å². The highest BCUT2D eigenvalue weighted by atomic mass is 35.5. The van der Waals surface area contributed by atoms with Gasteiger partial charge in [-0.25, -0.2) is 8.42 Å². The molecular formula is C18H18ClN3O3S. The second-order valence-electron chi connectivity index (χ2n) is 5.76. The minimum absolute atomic E-state index is 0.00885. The Balaban J connectivity index is 2.12. The molecule has 136 valence electrons. The number of amides is 1. The molecule has 2 aromatic rings. The van der Waals surface area contributed by atoms with Crippen LogP contribution in [-0.2, 0) is 14.8 Å². The number of halogens is 1. The summed E-state index contributed by atoms with van der Waals surface area (Å²) in [5.41, 5.74) is 2.10. The zero-order chi connectivity index (χ0) is 19.3. The molecule has 1 amide bonds. The lowest BCUT2D eigenvalue weighted by molar-refractivity contribution is -0.116. The number of hydrogen-bond acceptors (Lipinski definition) is 4. The van der Waals surface area contributed by atoms with E-state index in [0.717, 1.165) is 6.26 Å². The fourth-order valence-electron chi connectivity index (χ4n) is 2.46. The Morgan fingerprint density at radius 1 is 1.27 bits per heavy atom. The summed E-state index contributed by atoms with van der Waals surface area (Å²) in [6.07, 6.45) is 1.06. The van der Waals surface area contributed by atoms with Crippen LogP contribution < -0.4 is 9.62 Å². The van der Waals surface area contributed by atoms with Crippen molar-refractivity contribution in [1.82, 2.24) is 0 Å². The molecule has 0 spiro atoms. The summed E-state index contributed by atoms with van der Waals surface area (Å²) in [4.78, 5) is 12.2. The lowest BCUT2D eigenvalue weighted by atomic mass is 10.2. The SMILES string of the molecule is Cc1cc(Cl)ccc1N(CCC(=O)Nc1cccc(C#N)c1)S(C)(=O)=O. The van der Waals surface area contributed by atoms with E-state index < -0.39 is 10.0 Å². The number of rotatable bonds is 6. The van der Waals surface area contributed by atoms with Crippen molar-refractivity contribution in [2.45, 2.75) is 13.3 Å². The van der Waals surface area contributed by atoms with Gasteiger partial charge in [0.05, 0.1) is 23.6 Å². The predicted molar refractivity (Wildman–Crippen MR) is 103 cm³/mol. The third-order valence-electron chi connectivity index (χ3n) is 3.65. The van der Waals surface area contributed by atoms with Crippen LogP contribution in [0.3, 0.4) is 0 Å². The van der Waals surface area contributed by atoms with E-state index in [1.165, 1.54) is 4.31 Å². The highest BCUT2D eigenvalue weighted by Gasteiger charge is 2.20. The summed E-state index contributed by atoms with van der Waals surface area (Å²) in [7, 11) is -3.57. The first-order valence-electron chi connectivity index (χ1n) is 7.74. The second kappa shape index (κ2) is 8.21. The Morgan fingerprint density at radius 2 is 2.00 bits per heavy atom. The Morgan fingerprint density at radius 3 is 2.62 bits per heavy atom. The van der Waals surface area contributed by atoms with Crippen molar-refractivity contribution >= 4 is 38.9 Å². The van der Waals surface area contributed by atoms with E-state index in [4.69, 9.17) is 16.9 Å². The molecule has 0 bridgehead atoms. The summed E-state index contributed by atoms with van der Waals surface area (Å²) in [5, 5.41) is 12.1. The molecule has 6 nitrogen and oxygen atoms in total. The zero-order valence-corrected chi connectivity index (χ0v) is 15.9. The maximum absolute atomic E-state index is 12.2. The largest absolute Gasteiger partial charge is 0.326 e. The van der Waals surface area contributed by atoms with Gasteiger partial charge in [0.25, 0.3) is 0 Å². The van der Waals surface area contributed by atoms with E-state index in [9.17, 15) is 13.2 Å². The predicted octanol–water partition coefficient (Wildman–Crippen LogP) is 3.31. The molecule has 0 aliphatic rings. The van der Waals surface area contributed by atoms with Crippen LogP contribution in [0.15, 0.2) is 42.5 Å². The van der Waals surface area contributed by atoms with Crippen molar-refractivity contribution in [1.29, 1.82) is 5.26 Å². The van der Waals surface area contributed by atoms with Crippen LogP contribution in [0.5, 0.6) is 0 Å². The number of benzene rings is 2. The average molecular weight is 392 g/mol. The van der Waals surface area contributed by atoms with Gasteiger partial charge in [-0.2, -0.15) is 5.26 Å². The highest BCUT2D eigenvalue weighted by molar-refractivity contribution is 7.92. The van der Waals surface area contributed by atoms with E-state index in [-0.39, 0.29) is 18.9 Å². The van der Waals surface area contributed by atoms with Crippen molar-refractivity contribution in [2.24, 2.45) is 0 Å². The van der Waals surface area contributed by atoms with Gasteiger partial charge in [-0.05, 0) is 48.9 Å². The molecule has 8 heteroatoms. The molecule has 0 aromatic heterocycles. The zero-order valence-electron chi connectivity index (χ0n) is 14.4. The van der Waals surface area contributed by atoms with E-state index in [0.29, 0.717) is 27.5 Å². The van der Waals surface area contributed by atoms with Gasteiger partial charge in [-0.1, -0.05) is 17.7 Å². The van der Waals surface area contributed by atoms with Crippen molar-refractivity contribution in [3.8, 4) is 6.07 Å². The Bertz CT molecular complexity index is 968. The molecule has 2 aromatic carbocycles. The van der Waals surface area contributed by atoms with Gasteiger partial charge in [0.2, 0.25) is 15.9 Å². The molecule has 0 aliphatic heterocycles. The number of anilines is 2. The molecule has 2 rings (SSSR count). The van der Waals surface area contributed by atoms with Crippen molar-refractivity contribution in [3.05, 3.63) is 58.6 Å². The van der Waals surface area contributed by atoms with Crippen LogP contribution in [-0.4, -0.2) is 27.1 Å².